The number of phenolic OH excluding ortho intramolecular Hbond substituents is 1. The molecule has 0 spiro atoms. The quantitative estimate of drug-likeness (QED) is 0.0951. The van der Waals surface area contributed by atoms with E-state index in [2.05, 4.69) is 30.6 Å². The van der Waals surface area contributed by atoms with Crippen LogP contribution in [0, 0.1) is 12.8 Å². The number of carbonyl (C=O) groups is 2. The average molecular weight is 866 g/mol. The third kappa shape index (κ3) is 9.19. The number of aromatic nitrogens is 4. The van der Waals surface area contributed by atoms with Gasteiger partial charge in [-0.25, -0.2) is 4.98 Å². The number of piperidine rings is 2. The normalized spacial score (nSPS) is 19.2. The molecule has 4 aromatic heterocycles. The molecule has 6 heterocycles. The van der Waals surface area contributed by atoms with Gasteiger partial charge in [-0.15, -0.1) is 32.9 Å². The van der Waals surface area contributed by atoms with Crippen LogP contribution in [0.5, 0.6) is 11.6 Å². The van der Waals surface area contributed by atoms with Gasteiger partial charge in [0.15, 0.2) is 5.76 Å². The zero-order valence-corrected chi connectivity index (χ0v) is 36.3. The van der Waals surface area contributed by atoms with Gasteiger partial charge < -0.3 is 34.8 Å². The summed E-state index contributed by atoms with van der Waals surface area (Å²) >= 11 is 3.09. The predicted octanol–water partition coefficient (Wildman–Crippen LogP) is 6.82. The van der Waals surface area contributed by atoms with Gasteiger partial charge in [0, 0.05) is 49.1 Å². The molecule has 8 rings (SSSR count). The number of ether oxygens (including phenoxy) is 1. The van der Waals surface area contributed by atoms with Gasteiger partial charge in [0.25, 0.3) is 5.88 Å². The number of aryl methyl sites for hydroxylation is 1. The van der Waals surface area contributed by atoms with Crippen molar-refractivity contribution in [3.8, 4) is 33.3 Å². The molecule has 4 atom stereocenters. The molecule has 320 valence electrons. The summed E-state index contributed by atoms with van der Waals surface area (Å²) in [6, 6.07) is 19.3. The molecule has 2 saturated heterocycles. The summed E-state index contributed by atoms with van der Waals surface area (Å²) in [7, 11) is 0. The minimum absolute atomic E-state index is 0.137. The molecule has 2 aliphatic heterocycles. The molecular weight excluding hydrogens is 815 g/mol. The Kier molecular flexibility index (Phi) is 12.5. The lowest BCUT2D eigenvalue weighted by Gasteiger charge is -2.39. The molecule has 2 fully saturated rings. The van der Waals surface area contributed by atoms with Crippen LogP contribution in [0.15, 0.2) is 76.8 Å². The monoisotopic (exact) mass is 865 g/mol. The Bertz CT molecular complexity index is 2480. The first kappa shape index (κ1) is 42.4. The number of phenols is 1. The smallest absolute Gasteiger partial charge is 0.254 e. The molecule has 6 aromatic rings. The predicted molar refractivity (Wildman–Crippen MR) is 233 cm³/mol. The first-order chi connectivity index (χ1) is 29.4. The van der Waals surface area contributed by atoms with E-state index in [0.29, 0.717) is 68.0 Å². The Morgan fingerprint density at radius 1 is 1.03 bits per heavy atom. The van der Waals surface area contributed by atoms with Gasteiger partial charge in [0.2, 0.25) is 11.8 Å². The number of nitrogens with one attached hydrogen (secondary N) is 1. The molecule has 2 amide bonds. The van der Waals surface area contributed by atoms with E-state index in [0.717, 1.165) is 31.3 Å². The fourth-order valence-corrected chi connectivity index (χ4v) is 10.3. The molecule has 61 heavy (non-hydrogen) atoms. The average Bonchev–Trinajstić information content (AvgIpc) is 4.02. The molecule has 16 heteroatoms. The minimum Gasteiger partial charge on any atom is -0.507 e. The maximum absolute atomic E-state index is 14.3. The van der Waals surface area contributed by atoms with Crippen molar-refractivity contribution >= 4 is 44.7 Å². The van der Waals surface area contributed by atoms with Gasteiger partial charge in [-0.1, -0.05) is 50.2 Å². The molecule has 2 aromatic carbocycles. The Balaban J connectivity index is 0.850. The highest BCUT2D eigenvalue weighted by Gasteiger charge is 2.41. The lowest BCUT2D eigenvalue weighted by molar-refractivity contribution is -0.147. The van der Waals surface area contributed by atoms with Crippen molar-refractivity contribution in [1.82, 2.24) is 35.5 Å². The lowest BCUT2D eigenvalue weighted by atomic mass is 9.89. The molecule has 0 bridgehead atoms. The maximum Gasteiger partial charge on any atom is 0.254 e. The fraction of sp³-hybridized carbons (Fsp3) is 0.422. The van der Waals surface area contributed by atoms with Gasteiger partial charge in [-0.05, 0) is 79.6 Å². The summed E-state index contributed by atoms with van der Waals surface area (Å²) in [6.07, 6.45) is 0.881. The maximum atomic E-state index is 14.3. The number of para-hydroxylation sites is 1. The molecule has 14 nitrogen and oxygen atoms in total. The second kappa shape index (κ2) is 18.0. The summed E-state index contributed by atoms with van der Waals surface area (Å²) < 4.78 is 12.6. The second-order valence-electron chi connectivity index (χ2n) is 16.5. The van der Waals surface area contributed by atoms with Crippen LogP contribution < -0.4 is 10.1 Å². The number of hydrogen-bond donors (Lipinski definition) is 4. The van der Waals surface area contributed by atoms with Gasteiger partial charge in [0.1, 0.15) is 35.4 Å². The number of aliphatic hydroxyl groups is 2. The van der Waals surface area contributed by atoms with Gasteiger partial charge in [0.05, 0.1) is 38.6 Å². The third-order valence-electron chi connectivity index (χ3n) is 11.9. The fourth-order valence-electron chi connectivity index (χ4n) is 8.32. The van der Waals surface area contributed by atoms with Crippen LogP contribution in [0.4, 0.5) is 0 Å². The minimum atomic E-state index is -0.990. The second-order valence-corrected chi connectivity index (χ2v) is 18.4. The Hall–Kier alpha value is -5.26. The van der Waals surface area contributed by atoms with Gasteiger partial charge in [-0.3, -0.25) is 14.5 Å². The van der Waals surface area contributed by atoms with E-state index >= 15 is 0 Å². The summed E-state index contributed by atoms with van der Waals surface area (Å²) in [5, 5.41) is 48.5. The number of rotatable bonds is 13. The Morgan fingerprint density at radius 2 is 1.80 bits per heavy atom. The van der Waals surface area contributed by atoms with Crippen molar-refractivity contribution in [1.29, 1.82) is 0 Å². The number of likely N-dealkylation sites (tertiary alicyclic amines) is 2. The number of aliphatic hydroxyl groups excluding tert-OH is 1. The van der Waals surface area contributed by atoms with Crippen molar-refractivity contribution in [2.45, 2.75) is 83.1 Å². The van der Waals surface area contributed by atoms with E-state index in [1.807, 2.05) is 75.7 Å². The first-order valence-corrected chi connectivity index (χ1v) is 22.5. The lowest BCUT2D eigenvalue weighted by Crippen LogP contribution is -2.56. The number of nitrogens with zero attached hydrogens (tertiary/aromatic N) is 6. The van der Waals surface area contributed by atoms with Gasteiger partial charge in [-0.2, -0.15) is 0 Å². The number of thiophene rings is 1. The highest BCUT2D eigenvalue weighted by molar-refractivity contribution is 7.19. The molecular formula is C45H51N7O7S2. The number of thiazole rings is 1. The highest BCUT2D eigenvalue weighted by Crippen LogP contribution is 2.40. The number of carbonyl (C=O) groups excluding carboxylic acids is 2. The van der Waals surface area contributed by atoms with Crippen molar-refractivity contribution < 1.29 is 34.2 Å². The highest BCUT2D eigenvalue weighted by atomic mass is 32.1. The van der Waals surface area contributed by atoms with Crippen molar-refractivity contribution in [2.75, 3.05) is 32.8 Å². The molecule has 0 aliphatic carbocycles. The van der Waals surface area contributed by atoms with Crippen LogP contribution >= 0.6 is 22.7 Å². The third-order valence-corrected chi connectivity index (χ3v) is 14.2. The van der Waals surface area contributed by atoms with Crippen LogP contribution in [0.1, 0.15) is 80.3 Å². The van der Waals surface area contributed by atoms with Crippen LogP contribution in [0.3, 0.4) is 0 Å². The van der Waals surface area contributed by atoms with E-state index in [1.54, 1.807) is 40.5 Å². The van der Waals surface area contributed by atoms with Crippen LogP contribution in [0.2, 0.25) is 0 Å². The molecule has 0 unspecified atom stereocenters. The van der Waals surface area contributed by atoms with Crippen molar-refractivity contribution in [3.63, 3.8) is 0 Å². The van der Waals surface area contributed by atoms with E-state index in [4.69, 9.17) is 9.26 Å². The van der Waals surface area contributed by atoms with Crippen LogP contribution in [0.25, 0.3) is 31.9 Å². The zero-order valence-electron chi connectivity index (χ0n) is 34.7. The van der Waals surface area contributed by atoms with Gasteiger partial charge >= 0.3 is 0 Å². The number of fused-ring (bicyclic) bond motifs is 1. The topological polar surface area (TPSA) is 187 Å². The first-order valence-electron chi connectivity index (χ1n) is 20.8. The largest absolute Gasteiger partial charge is 0.507 e. The van der Waals surface area contributed by atoms with Crippen LogP contribution in [-0.4, -0.2) is 102 Å². The number of amides is 2. The molecule has 2 aliphatic rings. The summed E-state index contributed by atoms with van der Waals surface area (Å²) in [4.78, 5) is 38.2. The Morgan fingerprint density at radius 3 is 2.52 bits per heavy atom. The number of hydrogen-bond acceptors (Lipinski definition) is 14. The number of aromatic hydroxyl groups is 1. The molecule has 0 radical (unpaired) electrons. The summed E-state index contributed by atoms with van der Waals surface area (Å²) in [5.41, 5.74) is 5.70. The van der Waals surface area contributed by atoms with Crippen molar-refractivity contribution in [2.24, 2.45) is 5.92 Å². The zero-order chi connectivity index (χ0) is 42.8. The standard InChI is InChI=1S/C45H51N7O7S2/c1-26(2)41(44(56)52-16-13-31(53)21-35(52)43(55)47-27(3)29-9-11-30(12-10-29)42-28(4)46-25-60-42)37-24-40(50-59-37)58-20-19-51-17-14-45(57,15-18-51)39-23-34-38(61-39)22-33(48-49-34)32-7-5-6-8-36(32)54/h5-12,22-27,31,35,41,53-54,57H,13-21H2,1-4H3,(H,47,55)/t27-,31-,35-,41+/m0/s1. The van der Waals surface area contributed by atoms with E-state index in [9.17, 15) is 24.9 Å². The van der Waals surface area contributed by atoms with E-state index in [-0.39, 0.29) is 48.4 Å². The number of benzene rings is 2. The van der Waals surface area contributed by atoms with E-state index in [1.165, 1.54) is 11.3 Å². The molecule has 4 N–H and O–H groups in total. The van der Waals surface area contributed by atoms with Crippen LogP contribution in [-0.2, 0) is 15.2 Å². The summed E-state index contributed by atoms with van der Waals surface area (Å²) in [6.45, 7) is 10.2. The Labute approximate surface area is 362 Å². The van der Waals surface area contributed by atoms with Crippen molar-refractivity contribution in [3.05, 3.63) is 94.1 Å². The SMILES string of the molecule is Cc1ncsc1-c1ccc([C@H](C)NC(=O)[C@@H]2C[C@@H](O)CCN2C(=O)[C@@H](c2cc(OCCN3CCC(O)(c4cc5nnc(-c6ccccc6O)cc5s4)CC3)no2)C(C)C)cc1. The van der Waals surface area contributed by atoms with E-state index < -0.39 is 23.7 Å². The molecule has 0 saturated carbocycles. The summed E-state index contributed by atoms with van der Waals surface area (Å²) in [5.74, 6) is -0.710.